The molecule has 0 saturated heterocycles. The van der Waals surface area contributed by atoms with E-state index < -0.39 is 0 Å². The first-order valence-electron chi connectivity index (χ1n) is 25.2. The lowest BCUT2D eigenvalue weighted by atomic mass is 10.0. The molecule has 0 aromatic rings. The molecular weight excluding hydrogens is 705 g/mol. The molecule has 6 heteroatoms. The van der Waals surface area contributed by atoms with E-state index in [2.05, 4.69) is 51.4 Å². The van der Waals surface area contributed by atoms with Gasteiger partial charge in [0.2, 0.25) is 5.91 Å². The lowest BCUT2D eigenvalue weighted by Gasteiger charge is -2.22. The van der Waals surface area contributed by atoms with E-state index in [4.69, 9.17) is 9.47 Å². The van der Waals surface area contributed by atoms with Crippen LogP contribution in [0.5, 0.6) is 0 Å². The van der Waals surface area contributed by atoms with Gasteiger partial charge in [-0.2, -0.15) is 0 Å². The number of nitrogens with one attached hydrogen (secondary N) is 1. The Labute approximate surface area is 358 Å². The van der Waals surface area contributed by atoms with Crippen molar-refractivity contribution in [3.63, 3.8) is 0 Å². The minimum atomic E-state index is 0.0911. The molecule has 1 N–H and O–H groups in total. The predicted molar refractivity (Wildman–Crippen MR) is 252 cm³/mol. The molecule has 57 heavy (non-hydrogen) atoms. The summed E-state index contributed by atoms with van der Waals surface area (Å²) >= 11 is 0. The van der Waals surface area contributed by atoms with Gasteiger partial charge in [0.1, 0.15) is 6.10 Å². The Balaban J connectivity index is -0.000000801. The molecule has 0 unspecified atom stereocenters. The van der Waals surface area contributed by atoms with E-state index in [1.807, 2.05) is 6.92 Å². The third kappa shape index (κ3) is 58.8. The summed E-state index contributed by atoms with van der Waals surface area (Å²) in [7, 11) is 0. The fourth-order valence-corrected chi connectivity index (χ4v) is 7.10. The zero-order chi connectivity index (χ0) is 42.7. The molecule has 0 rings (SSSR count). The second kappa shape index (κ2) is 54.4. The van der Waals surface area contributed by atoms with Gasteiger partial charge in [-0.1, -0.05) is 208 Å². The number of ether oxygens (including phenoxy) is 2. The summed E-state index contributed by atoms with van der Waals surface area (Å²) in [4.78, 5) is 24.1. The first-order chi connectivity index (χ1) is 27.8. The minimum absolute atomic E-state index is 0.0911. The smallest absolute Gasteiger partial charge is 0.293 e. The first kappa shape index (κ1) is 59.7. The number of hydrogen-bond acceptors (Lipinski definition) is 5. The Hall–Kier alpha value is -1.56. The molecule has 0 saturated carbocycles. The maximum Gasteiger partial charge on any atom is 0.293 e. The van der Waals surface area contributed by atoms with Crippen molar-refractivity contribution in [3.05, 3.63) is 12.3 Å². The van der Waals surface area contributed by atoms with E-state index in [1.165, 1.54) is 212 Å². The Morgan fingerprint density at radius 3 is 1.19 bits per heavy atom. The quantitative estimate of drug-likeness (QED) is 0.0377. The number of amides is 1. The van der Waals surface area contributed by atoms with Gasteiger partial charge in [-0.15, -0.1) is 0 Å². The third-order valence-electron chi connectivity index (χ3n) is 10.8. The Morgan fingerprint density at radius 1 is 0.509 bits per heavy atom. The number of hydrogen-bond donors (Lipinski definition) is 1. The molecule has 1 amide bonds. The van der Waals surface area contributed by atoms with Crippen molar-refractivity contribution in [3.8, 4) is 0 Å². The molecule has 0 spiro atoms. The van der Waals surface area contributed by atoms with E-state index in [0.29, 0.717) is 6.47 Å². The lowest BCUT2D eigenvalue weighted by Crippen LogP contribution is -2.30. The van der Waals surface area contributed by atoms with E-state index in [1.54, 1.807) is 6.92 Å². The van der Waals surface area contributed by atoms with Gasteiger partial charge in [-0.25, -0.2) is 0 Å². The predicted octanol–water partition coefficient (Wildman–Crippen LogP) is 15.9. The van der Waals surface area contributed by atoms with E-state index in [9.17, 15) is 9.59 Å². The maximum atomic E-state index is 11.0. The molecule has 0 aromatic heterocycles. The van der Waals surface area contributed by atoms with Crippen molar-refractivity contribution < 1.29 is 19.1 Å². The Morgan fingerprint density at radius 2 is 0.842 bits per heavy atom. The summed E-state index contributed by atoms with van der Waals surface area (Å²) < 4.78 is 10.5. The number of nitrogens with zero attached hydrogens (tertiary/aromatic N) is 1. The molecule has 0 fully saturated rings. The van der Waals surface area contributed by atoms with Crippen LogP contribution in [0.2, 0.25) is 0 Å². The summed E-state index contributed by atoms with van der Waals surface area (Å²) in [6.45, 7) is 24.4. The van der Waals surface area contributed by atoms with Gasteiger partial charge in [0.25, 0.3) is 6.47 Å². The topological polar surface area (TPSA) is 67.9 Å². The van der Waals surface area contributed by atoms with Crippen LogP contribution in [0.4, 0.5) is 0 Å². The maximum absolute atomic E-state index is 11.0. The van der Waals surface area contributed by atoms with Gasteiger partial charge in [0, 0.05) is 13.5 Å². The highest BCUT2D eigenvalue weighted by Gasteiger charge is 2.09. The summed E-state index contributed by atoms with van der Waals surface area (Å²) in [6, 6.07) is 0. The highest BCUT2D eigenvalue weighted by atomic mass is 16.5. The van der Waals surface area contributed by atoms with Crippen molar-refractivity contribution in [2.45, 2.75) is 273 Å². The number of unbranched alkanes of at least 4 members (excludes halogenated alkanes) is 26. The van der Waals surface area contributed by atoms with Gasteiger partial charge < -0.3 is 19.7 Å². The van der Waals surface area contributed by atoms with Crippen LogP contribution in [0.1, 0.15) is 267 Å². The van der Waals surface area contributed by atoms with Crippen LogP contribution in [0.15, 0.2) is 12.3 Å². The fraction of sp³-hybridized carbons (Fsp3) is 0.922. The molecule has 0 radical (unpaired) electrons. The average molecular weight is 809 g/mol. The molecule has 0 aliphatic rings. The summed E-state index contributed by atoms with van der Waals surface area (Å²) in [5.74, 6) is 0.930. The second-order valence-corrected chi connectivity index (χ2v) is 16.9. The van der Waals surface area contributed by atoms with Crippen molar-refractivity contribution >= 4 is 12.4 Å². The normalized spacial score (nSPS) is 10.8. The highest BCUT2D eigenvalue weighted by Crippen LogP contribution is 2.16. The Kier molecular flexibility index (Phi) is 57.1. The average Bonchev–Trinajstić information content (AvgIpc) is 3.19. The van der Waals surface area contributed by atoms with Gasteiger partial charge in [0.05, 0.1) is 12.4 Å². The minimum Gasteiger partial charge on any atom is -0.499 e. The Bertz CT molecular complexity index is 744. The molecule has 0 bridgehead atoms. The number of allylic oxidation sites excluding steroid dienone is 1. The highest BCUT2D eigenvalue weighted by molar-refractivity contribution is 5.72. The summed E-state index contributed by atoms with van der Waals surface area (Å²) in [5.41, 5.74) is 0. The summed E-state index contributed by atoms with van der Waals surface area (Å²) in [6.07, 6.45) is 44.8. The van der Waals surface area contributed by atoms with E-state index >= 15 is 0 Å². The molecule has 0 aromatic carbocycles. The van der Waals surface area contributed by atoms with Crippen LogP contribution in [0.25, 0.3) is 0 Å². The van der Waals surface area contributed by atoms with Crippen LogP contribution >= 0.6 is 0 Å². The number of rotatable bonds is 43. The van der Waals surface area contributed by atoms with Gasteiger partial charge >= 0.3 is 0 Å². The molecule has 0 atom stereocenters. The lowest BCUT2D eigenvalue weighted by molar-refractivity contribution is -0.134. The molecular formula is C51H104N2O4. The standard InChI is InChI=1S/C21H44N2O.C18H36O2.C12H24O/c1-4-6-8-10-12-14-18-23(20-16-17-22-21(3)24)19-15-13-11-9-7-5-2;1-3-5-7-9-11-13-15-18(20-17-19)16-14-12-10-8-6-4-2;1-4-5-6-7-8-9-10-11-13-12(2)3/h4-20H2,1-3H3,(H,22,24);17-18H,3-16H2,1-2H3;2,4-11H2,1,3H3. The zero-order valence-electron chi connectivity index (χ0n) is 40.0. The van der Waals surface area contributed by atoms with E-state index in [0.717, 1.165) is 44.7 Å². The van der Waals surface area contributed by atoms with Crippen molar-refractivity contribution in [1.82, 2.24) is 10.2 Å². The number of carbonyl (C=O) groups excluding carboxylic acids is 2. The van der Waals surface area contributed by atoms with Gasteiger partial charge in [-0.05, 0) is 77.9 Å². The third-order valence-corrected chi connectivity index (χ3v) is 10.8. The van der Waals surface area contributed by atoms with Crippen molar-refractivity contribution in [2.24, 2.45) is 0 Å². The van der Waals surface area contributed by atoms with Crippen LogP contribution in [-0.2, 0) is 19.1 Å². The monoisotopic (exact) mass is 809 g/mol. The second-order valence-electron chi connectivity index (χ2n) is 16.9. The van der Waals surface area contributed by atoms with Crippen molar-refractivity contribution in [1.29, 1.82) is 0 Å². The summed E-state index contributed by atoms with van der Waals surface area (Å²) in [5, 5.41) is 2.92. The van der Waals surface area contributed by atoms with Crippen LogP contribution in [0, 0.1) is 0 Å². The largest absolute Gasteiger partial charge is 0.499 e. The fourth-order valence-electron chi connectivity index (χ4n) is 7.10. The zero-order valence-corrected chi connectivity index (χ0v) is 40.0. The molecule has 342 valence electrons. The van der Waals surface area contributed by atoms with Gasteiger partial charge in [0.15, 0.2) is 0 Å². The van der Waals surface area contributed by atoms with Crippen LogP contribution in [0.3, 0.4) is 0 Å². The van der Waals surface area contributed by atoms with Crippen molar-refractivity contribution in [2.75, 3.05) is 32.8 Å². The molecule has 0 aliphatic carbocycles. The van der Waals surface area contributed by atoms with E-state index in [-0.39, 0.29) is 12.0 Å². The molecule has 6 nitrogen and oxygen atoms in total. The molecule has 0 heterocycles. The van der Waals surface area contributed by atoms with Crippen LogP contribution in [-0.4, -0.2) is 56.2 Å². The van der Waals surface area contributed by atoms with Crippen LogP contribution < -0.4 is 5.32 Å². The molecule has 0 aliphatic heterocycles. The van der Waals surface area contributed by atoms with Gasteiger partial charge in [-0.3, -0.25) is 9.59 Å². The SMILES string of the molecule is C=C(C)OCCCCCCCCC.CCCCCCCCC(CCCCCCCC)OC=O.CCCCCCCCN(CCCCCCCC)CCCNC(C)=O. The number of carbonyl (C=O) groups is 2. The first-order valence-corrected chi connectivity index (χ1v) is 25.2.